The van der Waals surface area contributed by atoms with E-state index in [2.05, 4.69) is 57.4 Å². The molecule has 0 amide bonds. The number of nitrogens with one attached hydrogen (secondary N) is 1. The molecular weight excluding hydrogens is 306 g/mol. The summed E-state index contributed by atoms with van der Waals surface area (Å²) in [7, 11) is 0. The van der Waals surface area contributed by atoms with E-state index < -0.39 is 0 Å². The second-order valence-corrected chi connectivity index (χ2v) is 7.08. The third-order valence-corrected chi connectivity index (χ3v) is 5.13. The number of hydrogen-bond acceptors (Lipinski definition) is 2. The number of aromatic amines is 1. The van der Waals surface area contributed by atoms with E-state index in [0.29, 0.717) is 5.92 Å². The monoisotopic (exact) mass is 329 g/mol. The van der Waals surface area contributed by atoms with Crippen molar-refractivity contribution in [3.05, 3.63) is 65.4 Å². The van der Waals surface area contributed by atoms with Crippen molar-refractivity contribution in [1.82, 2.24) is 15.1 Å². The number of likely N-dealkylation sites (tertiary alicyclic amines) is 1. The van der Waals surface area contributed by atoms with Gasteiger partial charge in [-0.25, -0.2) is 0 Å². The first-order chi connectivity index (χ1) is 12.3. The topological polar surface area (TPSA) is 31.9 Å². The third kappa shape index (κ3) is 3.75. The molecule has 1 unspecified atom stereocenters. The minimum absolute atomic E-state index is 0.717. The van der Waals surface area contributed by atoms with Crippen LogP contribution in [0.3, 0.4) is 0 Å². The SMILES string of the molecule is C#Cc1cccc(CN2CCCC(Cc3ccc4[nH]ncc4c3)C2)c1. The summed E-state index contributed by atoms with van der Waals surface area (Å²) in [6.45, 7) is 3.33. The number of H-pyrrole nitrogens is 1. The summed E-state index contributed by atoms with van der Waals surface area (Å²) in [4.78, 5) is 2.57. The summed E-state index contributed by atoms with van der Waals surface area (Å²) >= 11 is 0. The average Bonchev–Trinajstić information content (AvgIpc) is 3.10. The zero-order chi connectivity index (χ0) is 17.1. The molecule has 2 heterocycles. The Hall–Kier alpha value is -2.57. The predicted molar refractivity (Wildman–Crippen MR) is 102 cm³/mol. The van der Waals surface area contributed by atoms with E-state index in [-0.39, 0.29) is 0 Å². The van der Waals surface area contributed by atoms with Gasteiger partial charge in [0.15, 0.2) is 0 Å². The predicted octanol–water partition coefficient (Wildman–Crippen LogP) is 4.00. The van der Waals surface area contributed by atoms with Crippen LogP contribution in [0, 0.1) is 18.3 Å². The molecule has 4 rings (SSSR count). The summed E-state index contributed by atoms with van der Waals surface area (Å²) in [6, 6.07) is 15.0. The number of piperidine rings is 1. The van der Waals surface area contributed by atoms with Crippen molar-refractivity contribution in [3.8, 4) is 12.3 Å². The van der Waals surface area contributed by atoms with Crippen molar-refractivity contribution in [3.63, 3.8) is 0 Å². The summed E-state index contributed by atoms with van der Waals surface area (Å²) in [5, 5.41) is 8.34. The van der Waals surface area contributed by atoms with Gasteiger partial charge in [-0.2, -0.15) is 5.10 Å². The van der Waals surface area contributed by atoms with Crippen molar-refractivity contribution in [2.45, 2.75) is 25.8 Å². The normalized spacial score (nSPS) is 18.3. The Bertz CT molecular complexity index is 903. The molecule has 0 bridgehead atoms. The van der Waals surface area contributed by atoms with Crippen LogP contribution in [0.5, 0.6) is 0 Å². The lowest BCUT2D eigenvalue weighted by molar-refractivity contribution is 0.167. The molecule has 1 aliphatic heterocycles. The Labute approximate surface area is 149 Å². The lowest BCUT2D eigenvalue weighted by atomic mass is 9.90. The fourth-order valence-electron chi connectivity index (χ4n) is 3.93. The summed E-state index contributed by atoms with van der Waals surface area (Å²) < 4.78 is 0. The van der Waals surface area contributed by atoms with Gasteiger partial charge in [0.1, 0.15) is 0 Å². The van der Waals surface area contributed by atoms with Gasteiger partial charge in [0.05, 0.1) is 11.7 Å². The van der Waals surface area contributed by atoms with Gasteiger partial charge in [0.2, 0.25) is 0 Å². The Morgan fingerprint density at radius 1 is 1.20 bits per heavy atom. The molecule has 1 aliphatic rings. The quantitative estimate of drug-likeness (QED) is 0.734. The molecule has 3 aromatic rings. The van der Waals surface area contributed by atoms with E-state index in [1.807, 2.05) is 12.3 Å². The second kappa shape index (κ2) is 7.13. The molecule has 0 radical (unpaired) electrons. The number of aromatic nitrogens is 2. The van der Waals surface area contributed by atoms with Crippen LogP contribution in [0.25, 0.3) is 10.9 Å². The van der Waals surface area contributed by atoms with E-state index in [0.717, 1.165) is 30.6 Å². The highest BCUT2D eigenvalue weighted by Gasteiger charge is 2.20. The summed E-state index contributed by atoms with van der Waals surface area (Å²) in [5.74, 6) is 3.45. The summed E-state index contributed by atoms with van der Waals surface area (Å²) in [5.41, 5.74) is 4.81. The average molecular weight is 329 g/mol. The van der Waals surface area contributed by atoms with Gasteiger partial charge in [-0.3, -0.25) is 10.00 Å². The number of hydrogen-bond donors (Lipinski definition) is 1. The highest BCUT2D eigenvalue weighted by molar-refractivity contribution is 5.78. The van der Waals surface area contributed by atoms with Gasteiger partial charge in [0.25, 0.3) is 0 Å². The van der Waals surface area contributed by atoms with Crippen LogP contribution < -0.4 is 0 Å². The van der Waals surface area contributed by atoms with E-state index in [1.54, 1.807) is 0 Å². The Morgan fingerprint density at radius 3 is 3.08 bits per heavy atom. The number of fused-ring (bicyclic) bond motifs is 1. The van der Waals surface area contributed by atoms with Crippen LogP contribution in [0.15, 0.2) is 48.7 Å². The highest BCUT2D eigenvalue weighted by atomic mass is 15.1. The maximum Gasteiger partial charge on any atom is 0.0650 e. The molecular formula is C22H23N3. The standard InChI is InChI=1S/C22H23N3/c1-2-17-5-3-6-19(11-17)15-25-10-4-7-20(16-25)12-18-8-9-22-21(13-18)14-23-24-22/h1,3,5-6,8-9,11,13-14,20H,4,7,10,12,15-16H2,(H,23,24). The van der Waals surface area contributed by atoms with Crippen molar-refractivity contribution < 1.29 is 0 Å². The maximum absolute atomic E-state index is 5.52. The lowest BCUT2D eigenvalue weighted by Gasteiger charge is -2.33. The number of benzene rings is 2. The molecule has 126 valence electrons. The minimum atomic E-state index is 0.717. The molecule has 1 aromatic heterocycles. The van der Waals surface area contributed by atoms with Crippen molar-refractivity contribution in [2.75, 3.05) is 13.1 Å². The van der Waals surface area contributed by atoms with Crippen LogP contribution in [-0.2, 0) is 13.0 Å². The molecule has 0 spiro atoms. The third-order valence-electron chi connectivity index (χ3n) is 5.13. The molecule has 3 heteroatoms. The Balaban J connectivity index is 1.41. The lowest BCUT2D eigenvalue weighted by Crippen LogP contribution is -2.35. The first-order valence-electron chi connectivity index (χ1n) is 9.00. The molecule has 1 fully saturated rings. The zero-order valence-corrected chi connectivity index (χ0v) is 14.4. The Kier molecular flexibility index (Phi) is 4.54. The number of terminal acetylenes is 1. The van der Waals surface area contributed by atoms with Gasteiger partial charge < -0.3 is 0 Å². The van der Waals surface area contributed by atoms with E-state index in [9.17, 15) is 0 Å². The van der Waals surface area contributed by atoms with Gasteiger partial charge in [-0.15, -0.1) is 6.42 Å². The largest absolute Gasteiger partial charge is 0.299 e. The van der Waals surface area contributed by atoms with E-state index in [1.165, 1.54) is 35.9 Å². The maximum atomic E-state index is 5.52. The van der Waals surface area contributed by atoms with Crippen molar-refractivity contribution >= 4 is 10.9 Å². The van der Waals surface area contributed by atoms with Crippen molar-refractivity contribution in [1.29, 1.82) is 0 Å². The van der Waals surface area contributed by atoms with Crippen LogP contribution in [0.1, 0.15) is 29.5 Å². The first-order valence-corrected chi connectivity index (χ1v) is 9.00. The van der Waals surface area contributed by atoms with Gasteiger partial charge in [-0.1, -0.05) is 24.1 Å². The molecule has 25 heavy (non-hydrogen) atoms. The zero-order valence-electron chi connectivity index (χ0n) is 14.4. The number of rotatable bonds is 4. The molecule has 3 nitrogen and oxygen atoms in total. The molecule has 1 atom stereocenters. The van der Waals surface area contributed by atoms with E-state index in [4.69, 9.17) is 6.42 Å². The van der Waals surface area contributed by atoms with E-state index >= 15 is 0 Å². The van der Waals surface area contributed by atoms with Gasteiger partial charge in [-0.05, 0) is 67.1 Å². The second-order valence-electron chi connectivity index (χ2n) is 7.08. The van der Waals surface area contributed by atoms with Gasteiger partial charge in [0, 0.05) is 24.0 Å². The first kappa shape index (κ1) is 15.9. The Morgan fingerprint density at radius 2 is 2.16 bits per heavy atom. The number of nitrogens with zero attached hydrogens (tertiary/aromatic N) is 2. The smallest absolute Gasteiger partial charge is 0.0650 e. The minimum Gasteiger partial charge on any atom is -0.299 e. The summed E-state index contributed by atoms with van der Waals surface area (Å²) in [6.07, 6.45) is 11.2. The van der Waals surface area contributed by atoms with Gasteiger partial charge >= 0.3 is 0 Å². The molecule has 0 saturated carbocycles. The highest BCUT2D eigenvalue weighted by Crippen LogP contribution is 2.24. The molecule has 1 saturated heterocycles. The molecule has 1 N–H and O–H groups in total. The molecule has 0 aliphatic carbocycles. The van der Waals surface area contributed by atoms with Crippen LogP contribution in [-0.4, -0.2) is 28.2 Å². The van der Waals surface area contributed by atoms with Crippen LogP contribution in [0.2, 0.25) is 0 Å². The van der Waals surface area contributed by atoms with Crippen LogP contribution in [0.4, 0.5) is 0 Å². The fraction of sp³-hybridized carbons (Fsp3) is 0.318. The van der Waals surface area contributed by atoms with Crippen molar-refractivity contribution in [2.24, 2.45) is 5.92 Å². The van der Waals surface area contributed by atoms with Crippen LogP contribution >= 0.6 is 0 Å². The molecule has 2 aromatic carbocycles. The fourth-order valence-corrected chi connectivity index (χ4v) is 3.93.